The van der Waals surface area contributed by atoms with E-state index in [4.69, 9.17) is 4.74 Å². The second-order valence-corrected chi connectivity index (χ2v) is 6.34. The summed E-state index contributed by atoms with van der Waals surface area (Å²) in [6, 6.07) is 7.76. The van der Waals surface area contributed by atoms with Crippen LogP contribution in [0.25, 0.3) is 0 Å². The van der Waals surface area contributed by atoms with E-state index in [0.717, 1.165) is 11.4 Å². The molecule has 0 saturated carbocycles. The molecular formula is C12H18ClNO3S. The van der Waals surface area contributed by atoms with E-state index in [1.54, 1.807) is 0 Å². The number of nitrogens with zero attached hydrogens (tertiary/aromatic N) is 1. The van der Waals surface area contributed by atoms with Crippen molar-refractivity contribution in [2.45, 2.75) is 6.92 Å². The summed E-state index contributed by atoms with van der Waals surface area (Å²) in [5, 5.41) is 0. The molecule has 1 aromatic carbocycles. The second-order valence-electron chi connectivity index (χ2n) is 4.04. The summed E-state index contributed by atoms with van der Waals surface area (Å²) >= 11 is 0. The van der Waals surface area contributed by atoms with Crippen LogP contribution in [-0.2, 0) is 9.84 Å². The van der Waals surface area contributed by atoms with Crippen molar-refractivity contribution in [2.75, 3.05) is 36.1 Å². The van der Waals surface area contributed by atoms with E-state index < -0.39 is 9.84 Å². The average molecular weight is 292 g/mol. The van der Waals surface area contributed by atoms with Gasteiger partial charge < -0.3 is 9.64 Å². The Bertz CT molecular complexity index is 476. The Kier molecular flexibility index (Phi) is 5.28. The highest BCUT2D eigenvalue weighted by atomic mass is 35.5. The van der Waals surface area contributed by atoms with Gasteiger partial charge in [0.15, 0.2) is 9.84 Å². The van der Waals surface area contributed by atoms with Crippen molar-refractivity contribution < 1.29 is 13.2 Å². The van der Waals surface area contributed by atoms with Crippen LogP contribution in [0.4, 0.5) is 5.69 Å². The number of hydrogen-bond donors (Lipinski definition) is 0. The van der Waals surface area contributed by atoms with Crippen molar-refractivity contribution in [1.29, 1.82) is 0 Å². The maximum atomic E-state index is 11.4. The van der Waals surface area contributed by atoms with E-state index in [1.807, 2.05) is 31.2 Å². The molecule has 102 valence electrons. The summed E-state index contributed by atoms with van der Waals surface area (Å²) < 4.78 is 28.3. The van der Waals surface area contributed by atoms with Crippen LogP contribution in [0, 0.1) is 0 Å². The van der Waals surface area contributed by atoms with Crippen molar-refractivity contribution in [1.82, 2.24) is 0 Å². The standard InChI is InChI=1S/C12H17NO3S.ClH/c1-2-16-12-6-4-3-5-11(12)13-7-9-17(14,15)10-8-13;/h3-6H,2,7-10H2,1H3;1H. The number of sulfone groups is 1. The van der Waals surface area contributed by atoms with Crippen molar-refractivity contribution in [3.63, 3.8) is 0 Å². The lowest BCUT2D eigenvalue weighted by Crippen LogP contribution is -2.40. The molecule has 0 atom stereocenters. The first-order valence-corrected chi connectivity index (χ1v) is 7.62. The molecule has 0 bridgehead atoms. The fourth-order valence-electron chi connectivity index (χ4n) is 1.95. The lowest BCUT2D eigenvalue weighted by atomic mass is 10.2. The zero-order valence-electron chi connectivity index (χ0n) is 10.3. The Hall–Kier alpha value is -0.940. The summed E-state index contributed by atoms with van der Waals surface area (Å²) in [7, 11) is -2.83. The maximum Gasteiger partial charge on any atom is 0.153 e. The predicted octanol–water partition coefficient (Wildman–Crippen LogP) is 1.74. The minimum absolute atomic E-state index is 0. The number of hydrogen-bond acceptors (Lipinski definition) is 4. The topological polar surface area (TPSA) is 46.6 Å². The van der Waals surface area contributed by atoms with E-state index in [0.29, 0.717) is 19.7 Å². The molecule has 0 aromatic heterocycles. The lowest BCUT2D eigenvalue weighted by Gasteiger charge is -2.30. The number of halogens is 1. The van der Waals surface area contributed by atoms with Crippen LogP contribution >= 0.6 is 12.4 Å². The number of benzene rings is 1. The van der Waals surface area contributed by atoms with Gasteiger partial charge in [-0.25, -0.2) is 8.42 Å². The van der Waals surface area contributed by atoms with E-state index in [1.165, 1.54) is 0 Å². The molecule has 0 spiro atoms. The summed E-state index contributed by atoms with van der Waals surface area (Å²) in [5.41, 5.74) is 0.990. The zero-order valence-corrected chi connectivity index (χ0v) is 12.0. The predicted molar refractivity (Wildman–Crippen MR) is 75.7 cm³/mol. The van der Waals surface area contributed by atoms with Gasteiger partial charge in [-0.05, 0) is 19.1 Å². The highest BCUT2D eigenvalue weighted by Crippen LogP contribution is 2.28. The highest BCUT2D eigenvalue weighted by molar-refractivity contribution is 7.91. The minimum atomic E-state index is -2.83. The van der Waals surface area contributed by atoms with Crippen LogP contribution in [0.15, 0.2) is 24.3 Å². The molecule has 1 aromatic rings. The Morgan fingerprint density at radius 1 is 1.22 bits per heavy atom. The molecular weight excluding hydrogens is 274 g/mol. The molecule has 0 amide bonds. The molecule has 1 heterocycles. The van der Waals surface area contributed by atoms with Gasteiger partial charge in [0.1, 0.15) is 5.75 Å². The first-order chi connectivity index (χ1) is 8.12. The van der Waals surface area contributed by atoms with Crippen LogP contribution < -0.4 is 9.64 Å². The van der Waals surface area contributed by atoms with Crippen LogP contribution in [0.3, 0.4) is 0 Å². The summed E-state index contributed by atoms with van der Waals surface area (Å²) in [6.07, 6.45) is 0. The van der Waals surface area contributed by atoms with Gasteiger partial charge in [-0.3, -0.25) is 0 Å². The smallest absolute Gasteiger partial charge is 0.153 e. The highest BCUT2D eigenvalue weighted by Gasteiger charge is 2.23. The second kappa shape index (κ2) is 6.29. The van der Waals surface area contributed by atoms with E-state index in [2.05, 4.69) is 4.90 Å². The molecule has 1 aliphatic rings. The van der Waals surface area contributed by atoms with Crippen molar-refractivity contribution >= 4 is 27.9 Å². The summed E-state index contributed by atoms with van der Waals surface area (Å²) in [4.78, 5) is 2.08. The molecule has 6 heteroatoms. The Morgan fingerprint density at radius 2 is 1.83 bits per heavy atom. The Balaban J connectivity index is 0.00000162. The minimum Gasteiger partial charge on any atom is -0.492 e. The molecule has 0 radical (unpaired) electrons. The Labute approximate surface area is 114 Å². The van der Waals surface area contributed by atoms with Crippen molar-refractivity contribution in [2.24, 2.45) is 0 Å². The number of rotatable bonds is 3. The molecule has 18 heavy (non-hydrogen) atoms. The van der Waals surface area contributed by atoms with Crippen LogP contribution in [0.2, 0.25) is 0 Å². The van der Waals surface area contributed by atoms with Gasteiger partial charge in [-0.1, -0.05) is 12.1 Å². The van der Waals surface area contributed by atoms with Gasteiger partial charge in [0, 0.05) is 13.1 Å². The van der Waals surface area contributed by atoms with E-state index in [9.17, 15) is 8.42 Å². The van der Waals surface area contributed by atoms with Gasteiger partial charge in [0.05, 0.1) is 23.8 Å². The van der Waals surface area contributed by atoms with Gasteiger partial charge in [0.2, 0.25) is 0 Å². The third-order valence-electron chi connectivity index (χ3n) is 2.85. The van der Waals surface area contributed by atoms with Crippen molar-refractivity contribution in [3.05, 3.63) is 24.3 Å². The monoisotopic (exact) mass is 291 g/mol. The first kappa shape index (κ1) is 15.1. The largest absolute Gasteiger partial charge is 0.492 e. The Morgan fingerprint density at radius 3 is 2.44 bits per heavy atom. The zero-order chi connectivity index (χ0) is 12.3. The number of para-hydroxylation sites is 2. The average Bonchev–Trinajstić information content (AvgIpc) is 2.31. The molecule has 0 N–H and O–H groups in total. The van der Waals surface area contributed by atoms with E-state index in [-0.39, 0.29) is 23.9 Å². The van der Waals surface area contributed by atoms with Gasteiger partial charge in [-0.15, -0.1) is 12.4 Å². The maximum absolute atomic E-state index is 11.4. The normalized spacial score (nSPS) is 17.9. The fraction of sp³-hybridized carbons (Fsp3) is 0.500. The molecule has 0 aliphatic carbocycles. The van der Waals surface area contributed by atoms with Crippen LogP contribution in [-0.4, -0.2) is 39.6 Å². The first-order valence-electron chi connectivity index (χ1n) is 5.79. The van der Waals surface area contributed by atoms with E-state index >= 15 is 0 Å². The van der Waals surface area contributed by atoms with Crippen LogP contribution in [0.5, 0.6) is 5.75 Å². The number of ether oxygens (including phenoxy) is 1. The molecule has 2 rings (SSSR count). The third kappa shape index (κ3) is 3.53. The molecule has 1 fully saturated rings. The lowest BCUT2D eigenvalue weighted by molar-refractivity contribution is 0.340. The number of anilines is 1. The quantitative estimate of drug-likeness (QED) is 0.851. The molecule has 0 unspecified atom stereocenters. The SMILES string of the molecule is CCOc1ccccc1N1CCS(=O)(=O)CC1.Cl. The third-order valence-corrected chi connectivity index (χ3v) is 4.46. The van der Waals surface area contributed by atoms with Gasteiger partial charge >= 0.3 is 0 Å². The molecule has 4 nitrogen and oxygen atoms in total. The van der Waals surface area contributed by atoms with Gasteiger partial charge in [-0.2, -0.15) is 0 Å². The van der Waals surface area contributed by atoms with Crippen molar-refractivity contribution in [3.8, 4) is 5.75 Å². The summed E-state index contributed by atoms with van der Waals surface area (Å²) in [5.74, 6) is 1.29. The summed E-state index contributed by atoms with van der Waals surface area (Å²) in [6.45, 7) is 3.65. The van der Waals surface area contributed by atoms with Gasteiger partial charge in [0.25, 0.3) is 0 Å². The fourth-order valence-corrected chi connectivity index (χ4v) is 3.15. The molecule has 1 saturated heterocycles. The molecule has 1 aliphatic heterocycles. The van der Waals surface area contributed by atoms with Crippen LogP contribution in [0.1, 0.15) is 6.92 Å².